The lowest BCUT2D eigenvalue weighted by molar-refractivity contribution is 0.674. The van der Waals surface area contributed by atoms with Crippen molar-refractivity contribution in [1.29, 1.82) is 0 Å². The molecule has 4 N–H and O–H groups in total. The summed E-state index contributed by atoms with van der Waals surface area (Å²) in [6.07, 6.45) is 6.26. The van der Waals surface area contributed by atoms with E-state index in [1.54, 1.807) is 0 Å². The van der Waals surface area contributed by atoms with Gasteiger partial charge in [0.25, 0.3) is 0 Å². The lowest BCUT2D eigenvalue weighted by atomic mass is 10.2. The first-order valence-electron chi connectivity index (χ1n) is 4.73. The average Bonchev–Trinajstić information content (AvgIpc) is 2.06. The number of unbranched alkanes of at least 4 members (excludes halogenated alkanes) is 3. The molecule has 0 aromatic heterocycles. The van der Waals surface area contributed by atoms with Crippen LogP contribution < -0.4 is 11.5 Å². The second-order valence-electron chi connectivity index (χ2n) is 2.64. The smallest absolute Gasteiger partial charge is 0.00773 e. The molecule has 2 nitrogen and oxygen atoms in total. The number of rotatable bonds is 5. The van der Waals surface area contributed by atoms with Crippen LogP contribution in [0.15, 0.2) is 0 Å². The molecule has 0 aliphatic heterocycles. The van der Waals surface area contributed by atoms with Crippen LogP contribution in [0.1, 0.15) is 46.0 Å². The lowest BCUT2D eigenvalue weighted by Gasteiger charge is -1.90. The fourth-order valence-corrected chi connectivity index (χ4v) is 0.571. The first kappa shape index (κ1) is 13.5. The Morgan fingerprint density at radius 3 is 1.55 bits per heavy atom. The highest BCUT2D eigenvalue weighted by Crippen LogP contribution is 1.95. The molecule has 0 saturated carbocycles. The van der Waals surface area contributed by atoms with Gasteiger partial charge >= 0.3 is 0 Å². The summed E-state index contributed by atoms with van der Waals surface area (Å²) >= 11 is 0. The number of nitrogens with two attached hydrogens (primary N) is 2. The molecule has 0 fully saturated rings. The molecule has 0 bridgehead atoms. The summed E-state index contributed by atoms with van der Waals surface area (Å²) in [7, 11) is 0. The van der Waals surface area contributed by atoms with Crippen LogP contribution in [0.25, 0.3) is 0 Å². The minimum absolute atomic E-state index is 0.819. The molecule has 0 heterocycles. The van der Waals surface area contributed by atoms with E-state index in [1.165, 1.54) is 25.7 Å². The van der Waals surface area contributed by atoms with Gasteiger partial charge in [0.05, 0.1) is 0 Å². The predicted molar refractivity (Wildman–Crippen MR) is 52.5 cm³/mol. The summed E-state index contributed by atoms with van der Waals surface area (Å²) in [4.78, 5) is 0. The van der Waals surface area contributed by atoms with Gasteiger partial charge in [-0.25, -0.2) is 0 Å². The highest BCUT2D eigenvalue weighted by Gasteiger charge is 1.80. The van der Waals surface area contributed by atoms with Gasteiger partial charge in [-0.15, -0.1) is 0 Å². The van der Waals surface area contributed by atoms with Crippen LogP contribution >= 0.6 is 0 Å². The van der Waals surface area contributed by atoms with E-state index >= 15 is 0 Å². The van der Waals surface area contributed by atoms with Gasteiger partial charge in [-0.2, -0.15) is 0 Å². The van der Waals surface area contributed by atoms with Crippen LogP contribution in [0.3, 0.4) is 0 Å². The van der Waals surface area contributed by atoms with Crippen LogP contribution in [0.5, 0.6) is 0 Å². The van der Waals surface area contributed by atoms with Gasteiger partial charge < -0.3 is 11.5 Å². The number of hydrogen-bond donors (Lipinski definition) is 2. The van der Waals surface area contributed by atoms with Gasteiger partial charge in [0.2, 0.25) is 0 Å². The van der Waals surface area contributed by atoms with Crippen molar-refractivity contribution in [2.24, 2.45) is 11.5 Å². The van der Waals surface area contributed by atoms with Crippen LogP contribution in [0, 0.1) is 0 Å². The van der Waals surface area contributed by atoms with Gasteiger partial charge in [0.15, 0.2) is 0 Å². The highest BCUT2D eigenvalue weighted by molar-refractivity contribution is 4.38. The van der Waals surface area contributed by atoms with Crippen molar-refractivity contribution in [3.8, 4) is 0 Å². The Kier molecular flexibility index (Phi) is 20.2. The topological polar surface area (TPSA) is 52.0 Å². The third-order valence-electron chi connectivity index (χ3n) is 1.35. The minimum atomic E-state index is 0.819. The molecule has 70 valence electrons. The average molecular weight is 160 g/mol. The Bertz CT molecular complexity index is 40.8. The van der Waals surface area contributed by atoms with Crippen molar-refractivity contribution >= 4 is 0 Å². The Morgan fingerprint density at radius 1 is 0.727 bits per heavy atom. The molecule has 0 aromatic rings. The van der Waals surface area contributed by atoms with Crippen LogP contribution in [-0.4, -0.2) is 13.1 Å². The number of hydrogen-bond acceptors (Lipinski definition) is 2. The summed E-state index contributed by atoms with van der Waals surface area (Å²) in [6.45, 7) is 5.94. The third kappa shape index (κ3) is 25.7. The first-order chi connectivity index (χ1) is 5.33. The standard InChI is InChI=1S/C6H15N.C3H9N/c1-2-3-4-5-6-7;1-2-3-4/h2-7H2,1H3;2-4H2,1H3. The summed E-state index contributed by atoms with van der Waals surface area (Å²) in [5.74, 6) is 0. The van der Waals surface area contributed by atoms with Crippen LogP contribution in [0.2, 0.25) is 0 Å². The van der Waals surface area contributed by atoms with Crippen LogP contribution in [-0.2, 0) is 0 Å². The molecule has 0 amide bonds. The minimum Gasteiger partial charge on any atom is -0.330 e. The molecule has 0 aliphatic carbocycles. The summed E-state index contributed by atoms with van der Waals surface area (Å²) < 4.78 is 0. The molecule has 0 aliphatic rings. The van der Waals surface area contributed by atoms with Crippen molar-refractivity contribution in [2.75, 3.05) is 13.1 Å². The molecule has 11 heavy (non-hydrogen) atoms. The Balaban J connectivity index is 0. The predicted octanol–water partition coefficient (Wildman–Crippen LogP) is 1.88. The van der Waals surface area contributed by atoms with Crippen molar-refractivity contribution in [3.63, 3.8) is 0 Å². The summed E-state index contributed by atoms with van der Waals surface area (Å²) in [5.41, 5.74) is 10.3. The maximum absolute atomic E-state index is 5.27. The van der Waals surface area contributed by atoms with E-state index in [4.69, 9.17) is 11.5 Å². The zero-order valence-electron chi connectivity index (χ0n) is 8.10. The first-order valence-corrected chi connectivity index (χ1v) is 4.73. The molecule has 0 aromatic carbocycles. The molecule has 0 unspecified atom stereocenters. The summed E-state index contributed by atoms with van der Waals surface area (Å²) in [6, 6.07) is 0. The van der Waals surface area contributed by atoms with E-state index in [2.05, 4.69) is 13.8 Å². The van der Waals surface area contributed by atoms with E-state index in [9.17, 15) is 0 Å². The molecule has 0 rings (SSSR count). The molecular formula is C9H24N2. The molecule has 2 heteroatoms. The van der Waals surface area contributed by atoms with Gasteiger partial charge in [-0.1, -0.05) is 33.1 Å². The van der Waals surface area contributed by atoms with Gasteiger partial charge in [-0.3, -0.25) is 0 Å². The van der Waals surface area contributed by atoms with E-state index in [1.807, 2.05) is 0 Å². The normalized spacial score (nSPS) is 8.73. The third-order valence-corrected chi connectivity index (χ3v) is 1.35. The monoisotopic (exact) mass is 160 g/mol. The fraction of sp³-hybridized carbons (Fsp3) is 1.00. The van der Waals surface area contributed by atoms with Gasteiger partial charge in [0.1, 0.15) is 0 Å². The Labute approximate surface area is 71.3 Å². The quantitative estimate of drug-likeness (QED) is 0.603. The van der Waals surface area contributed by atoms with E-state index in [0.717, 1.165) is 19.5 Å². The van der Waals surface area contributed by atoms with Crippen LogP contribution in [0.4, 0.5) is 0 Å². The second-order valence-corrected chi connectivity index (χ2v) is 2.64. The molecule has 0 saturated heterocycles. The Morgan fingerprint density at radius 2 is 1.27 bits per heavy atom. The fourth-order valence-electron chi connectivity index (χ4n) is 0.571. The molecule has 0 spiro atoms. The molecule has 0 atom stereocenters. The zero-order chi connectivity index (χ0) is 8.95. The van der Waals surface area contributed by atoms with Crippen molar-refractivity contribution in [1.82, 2.24) is 0 Å². The SMILES string of the molecule is CCCCCCN.CCCN. The van der Waals surface area contributed by atoms with Gasteiger partial charge in [0, 0.05) is 0 Å². The van der Waals surface area contributed by atoms with Crippen molar-refractivity contribution in [3.05, 3.63) is 0 Å². The van der Waals surface area contributed by atoms with Gasteiger partial charge in [-0.05, 0) is 25.9 Å². The zero-order valence-corrected chi connectivity index (χ0v) is 8.10. The lowest BCUT2D eigenvalue weighted by Crippen LogP contribution is -1.97. The summed E-state index contributed by atoms with van der Waals surface area (Å²) in [5, 5.41) is 0. The molecule has 0 radical (unpaired) electrons. The Hall–Kier alpha value is -0.0800. The maximum atomic E-state index is 5.27. The van der Waals surface area contributed by atoms with E-state index in [-0.39, 0.29) is 0 Å². The van der Waals surface area contributed by atoms with E-state index < -0.39 is 0 Å². The highest BCUT2D eigenvalue weighted by atomic mass is 14.5. The van der Waals surface area contributed by atoms with Crippen molar-refractivity contribution in [2.45, 2.75) is 46.0 Å². The largest absolute Gasteiger partial charge is 0.330 e. The van der Waals surface area contributed by atoms with E-state index in [0.29, 0.717) is 0 Å². The van der Waals surface area contributed by atoms with Crippen molar-refractivity contribution < 1.29 is 0 Å². The second kappa shape index (κ2) is 16.5. The molecular weight excluding hydrogens is 136 g/mol. The maximum Gasteiger partial charge on any atom is -0.00773 e.